The van der Waals surface area contributed by atoms with Crippen LogP contribution in [0.15, 0.2) is 0 Å². The number of hydrogen-bond acceptors (Lipinski definition) is 3. The summed E-state index contributed by atoms with van der Waals surface area (Å²) in [6.07, 6.45) is 3.89. The molecule has 0 aliphatic carbocycles. The minimum absolute atomic E-state index is 0.0845. The average molecular weight is 243 g/mol. The number of amides is 1. The molecule has 1 N–H and O–H groups in total. The Hall–Kier alpha value is -0.710. The average Bonchev–Trinajstić information content (AvgIpc) is 2.78. The summed E-state index contributed by atoms with van der Waals surface area (Å²) in [5.41, 5.74) is 0. The van der Waals surface area contributed by atoms with Crippen LogP contribution in [0.2, 0.25) is 0 Å². The van der Waals surface area contributed by atoms with E-state index in [0.717, 1.165) is 18.6 Å². The molecule has 0 aromatic rings. The highest BCUT2D eigenvalue weighted by molar-refractivity contribution is 8.00. The highest BCUT2D eigenvalue weighted by Crippen LogP contribution is 2.28. The minimum Gasteiger partial charge on any atom is -0.481 e. The summed E-state index contributed by atoms with van der Waals surface area (Å²) < 4.78 is 0. The number of hydrogen-bond donors (Lipinski definition) is 1. The first-order valence-corrected chi connectivity index (χ1v) is 6.86. The van der Waals surface area contributed by atoms with Crippen LogP contribution in [-0.2, 0) is 9.59 Å². The van der Waals surface area contributed by atoms with Crippen LogP contribution < -0.4 is 0 Å². The first-order chi connectivity index (χ1) is 7.68. The third-order valence-electron chi connectivity index (χ3n) is 3.30. The number of carboxylic acid groups (broad SMARTS) is 1. The Kier molecular flexibility index (Phi) is 3.74. The lowest BCUT2D eigenvalue weighted by Gasteiger charge is -2.25. The molecule has 2 aliphatic rings. The lowest BCUT2D eigenvalue weighted by atomic mass is 10.1. The molecule has 2 aliphatic heterocycles. The van der Waals surface area contributed by atoms with Crippen LogP contribution in [0.4, 0.5) is 0 Å². The van der Waals surface area contributed by atoms with Gasteiger partial charge in [-0.2, -0.15) is 0 Å². The molecule has 0 bridgehead atoms. The number of carboxylic acids is 1. The van der Waals surface area contributed by atoms with E-state index in [0.29, 0.717) is 19.5 Å². The SMILES string of the molecule is O=C(O)C1CCN(C(=O)C2CCCCS2)C1. The molecule has 0 radical (unpaired) electrons. The van der Waals surface area contributed by atoms with Crippen LogP contribution in [0, 0.1) is 5.92 Å². The van der Waals surface area contributed by atoms with Crippen LogP contribution in [0.3, 0.4) is 0 Å². The van der Waals surface area contributed by atoms with Crippen molar-refractivity contribution >= 4 is 23.6 Å². The van der Waals surface area contributed by atoms with Gasteiger partial charge in [-0.25, -0.2) is 0 Å². The zero-order chi connectivity index (χ0) is 11.5. The molecular weight excluding hydrogens is 226 g/mol. The van der Waals surface area contributed by atoms with Crippen molar-refractivity contribution in [3.05, 3.63) is 0 Å². The molecular formula is C11H17NO3S. The molecule has 2 fully saturated rings. The summed E-state index contributed by atoms with van der Waals surface area (Å²) >= 11 is 1.73. The van der Waals surface area contributed by atoms with Crippen LogP contribution in [-0.4, -0.2) is 46.0 Å². The molecule has 0 aromatic carbocycles. The lowest BCUT2D eigenvalue weighted by Crippen LogP contribution is -2.37. The van der Waals surface area contributed by atoms with Gasteiger partial charge in [0.1, 0.15) is 0 Å². The maximum atomic E-state index is 12.1. The van der Waals surface area contributed by atoms with Crippen molar-refractivity contribution in [3.63, 3.8) is 0 Å². The summed E-state index contributed by atoms with van der Waals surface area (Å²) in [6, 6.07) is 0. The van der Waals surface area contributed by atoms with E-state index >= 15 is 0 Å². The Morgan fingerprint density at radius 1 is 1.25 bits per heavy atom. The smallest absolute Gasteiger partial charge is 0.308 e. The molecule has 0 aromatic heterocycles. The van der Waals surface area contributed by atoms with Crippen molar-refractivity contribution < 1.29 is 14.7 Å². The van der Waals surface area contributed by atoms with Gasteiger partial charge in [0.2, 0.25) is 5.91 Å². The molecule has 0 spiro atoms. The fourth-order valence-corrected chi connectivity index (χ4v) is 3.58. The molecule has 16 heavy (non-hydrogen) atoms. The van der Waals surface area contributed by atoms with E-state index in [1.165, 1.54) is 6.42 Å². The van der Waals surface area contributed by atoms with E-state index in [9.17, 15) is 9.59 Å². The Balaban J connectivity index is 1.88. The van der Waals surface area contributed by atoms with Crippen molar-refractivity contribution in [1.29, 1.82) is 0 Å². The van der Waals surface area contributed by atoms with Gasteiger partial charge in [-0.05, 0) is 25.0 Å². The number of likely N-dealkylation sites (tertiary alicyclic amines) is 1. The Bertz CT molecular complexity index is 289. The summed E-state index contributed by atoms with van der Waals surface area (Å²) in [4.78, 5) is 24.6. The molecule has 5 heteroatoms. The quantitative estimate of drug-likeness (QED) is 0.792. The lowest BCUT2D eigenvalue weighted by molar-refractivity contribution is -0.141. The molecule has 2 saturated heterocycles. The summed E-state index contributed by atoms with van der Waals surface area (Å²) in [5.74, 6) is 0.102. The van der Waals surface area contributed by atoms with Crippen LogP contribution in [0.25, 0.3) is 0 Å². The third-order valence-corrected chi connectivity index (χ3v) is 4.67. The van der Waals surface area contributed by atoms with E-state index in [2.05, 4.69) is 0 Å². The number of aliphatic carboxylic acids is 1. The summed E-state index contributed by atoms with van der Waals surface area (Å²) in [5, 5.41) is 8.96. The van der Waals surface area contributed by atoms with Crippen molar-refractivity contribution in [2.45, 2.75) is 30.9 Å². The first kappa shape index (κ1) is 11.8. The summed E-state index contributed by atoms with van der Waals surface area (Å²) in [6.45, 7) is 1.03. The maximum Gasteiger partial charge on any atom is 0.308 e. The fourth-order valence-electron chi connectivity index (χ4n) is 2.30. The van der Waals surface area contributed by atoms with Gasteiger partial charge in [-0.3, -0.25) is 9.59 Å². The van der Waals surface area contributed by atoms with Gasteiger partial charge >= 0.3 is 5.97 Å². The van der Waals surface area contributed by atoms with Gasteiger partial charge in [-0.15, -0.1) is 11.8 Å². The molecule has 2 rings (SSSR count). The predicted molar refractivity (Wildman–Crippen MR) is 62.4 cm³/mol. The zero-order valence-corrected chi connectivity index (χ0v) is 10.0. The molecule has 0 saturated carbocycles. The highest BCUT2D eigenvalue weighted by atomic mass is 32.2. The van der Waals surface area contributed by atoms with Crippen molar-refractivity contribution in [3.8, 4) is 0 Å². The predicted octanol–water partition coefficient (Wildman–Crippen LogP) is 1.21. The van der Waals surface area contributed by atoms with Crippen molar-refractivity contribution in [2.24, 2.45) is 5.92 Å². The third kappa shape index (κ3) is 2.51. The molecule has 2 unspecified atom stereocenters. The van der Waals surface area contributed by atoms with Gasteiger partial charge in [0.25, 0.3) is 0 Å². The van der Waals surface area contributed by atoms with Gasteiger partial charge in [-0.1, -0.05) is 6.42 Å². The largest absolute Gasteiger partial charge is 0.481 e. The second-order valence-electron chi connectivity index (χ2n) is 4.46. The van der Waals surface area contributed by atoms with Crippen LogP contribution in [0.1, 0.15) is 25.7 Å². The summed E-state index contributed by atoms with van der Waals surface area (Å²) in [7, 11) is 0. The standard InChI is InChI=1S/C11H17NO3S/c13-10(9-3-1-2-6-16-9)12-5-4-8(7-12)11(14)15/h8-9H,1-7H2,(H,14,15). The number of nitrogens with zero attached hydrogens (tertiary/aromatic N) is 1. The van der Waals surface area contributed by atoms with Crippen molar-refractivity contribution in [1.82, 2.24) is 4.90 Å². The van der Waals surface area contributed by atoms with E-state index in [1.54, 1.807) is 16.7 Å². The number of thioether (sulfide) groups is 1. The normalized spacial score (nSPS) is 30.4. The first-order valence-electron chi connectivity index (χ1n) is 5.81. The van der Waals surface area contributed by atoms with Gasteiger partial charge in [0.05, 0.1) is 11.2 Å². The van der Waals surface area contributed by atoms with Gasteiger partial charge in [0, 0.05) is 13.1 Å². The monoisotopic (exact) mass is 243 g/mol. The van der Waals surface area contributed by atoms with E-state index in [-0.39, 0.29) is 17.1 Å². The number of carbonyl (C=O) groups is 2. The second kappa shape index (κ2) is 5.08. The van der Waals surface area contributed by atoms with Crippen LogP contribution >= 0.6 is 11.8 Å². The van der Waals surface area contributed by atoms with Gasteiger partial charge in [0.15, 0.2) is 0 Å². The molecule has 90 valence electrons. The Morgan fingerprint density at radius 3 is 2.62 bits per heavy atom. The number of carbonyl (C=O) groups excluding carboxylic acids is 1. The zero-order valence-electron chi connectivity index (χ0n) is 9.22. The Labute approximate surface area is 99.4 Å². The van der Waals surface area contributed by atoms with Gasteiger partial charge < -0.3 is 10.0 Å². The van der Waals surface area contributed by atoms with E-state index < -0.39 is 5.97 Å². The topological polar surface area (TPSA) is 57.6 Å². The highest BCUT2D eigenvalue weighted by Gasteiger charge is 2.34. The van der Waals surface area contributed by atoms with Crippen molar-refractivity contribution in [2.75, 3.05) is 18.8 Å². The van der Waals surface area contributed by atoms with E-state index in [4.69, 9.17) is 5.11 Å². The second-order valence-corrected chi connectivity index (χ2v) is 5.77. The molecule has 4 nitrogen and oxygen atoms in total. The Morgan fingerprint density at radius 2 is 2.06 bits per heavy atom. The van der Waals surface area contributed by atoms with E-state index in [1.807, 2.05) is 0 Å². The molecule has 2 heterocycles. The molecule has 1 amide bonds. The number of rotatable bonds is 2. The fraction of sp³-hybridized carbons (Fsp3) is 0.818. The molecule has 2 atom stereocenters. The minimum atomic E-state index is -0.772. The van der Waals surface area contributed by atoms with Crippen LogP contribution in [0.5, 0.6) is 0 Å². The maximum absolute atomic E-state index is 12.1.